The highest BCUT2D eigenvalue weighted by Crippen LogP contribution is 2.65. The van der Waals surface area contributed by atoms with Crippen LogP contribution in [0.4, 0.5) is 8.78 Å². The molecule has 7 nitrogen and oxygen atoms in total. The SMILES string of the molecule is O=C(Cn1nc(-c2ccc(OC(F)F)nc2)ccc1=O)NC1CC12CC2. The molecule has 1 amide bonds. The average Bonchev–Trinajstić information content (AvgIpc) is 3.50. The normalized spacial score (nSPS) is 19.4. The lowest BCUT2D eigenvalue weighted by Gasteiger charge is -2.08. The topological polar surface area (TPSA) is 86.1 Å². The van der Waals surface area contributed by atoms with Gasteiger partial charge in [-0.15, -0.1) is 0 Å². The predicted molar refractivity (Wildman–Crippen MR) is 86.6 cm³/mol. The molecule has 2 aromatic heterocycles. The quantitative estimate of drug-likeness (QED) is 0.843. The molecule has 2 saturated carbocycles. The number of rotatable bonds is 6. The zero-order chi connectivity index (χ0) is 18.3. The molecule has 0 aromatic carbocycles. The largest absolute Gasteiger partial charge is 0.417 e. The summed E-state index contributed by atoms with van der Waals surface area (Å²) in [5, 5.41) is 7.10. The van der Waals surface area contributed by atoms with E-state index in [4.69, 9.17) is 0 Å². The second-order valence-corrected chi connectivity index (χ2v) is 6.66. The van der Waals surface area contributed by atoms with Crippen molar-refractivity contribution in [1.29, 1.82) is 0 Å². The molecule has 1 atom stereocenters. The Morgan fingerprint density at radius 3 is 2.77 bits per heavy atom. The van der Waals surface area contributed by atoms with Gasteiger partial charge in [0.1, 0.15) is 6.54 Å². The molecule has 1 spiro atoms. The van der Waals surface area contributed by atoms with E-state index in [9.17, 15) is 18.4 Å². The van der Waals surface area contributed by atoms with Gasteiger partial charge in [0.25, 0.3) is 5.56 Å². The molecule has 2 aliphatic carbocycles. The molecule has 2 fully saturated rings. The first kappa shape index (κ1) is 16.6. The Bertz CT molecular complexity index is 894. The fraction of sp³-hybridized carbons (Fsp3) is 0.412. The monoisotopic (exact) mass is 362 g/mol. The predicted octanol–water partition coefficient (Wildman–Crippen LogP) is 1.58. The summed E-state index contributed by atoms with van der Waals surface area (Å²) in [6, 6.07) is 5.80. The molecular weight excluding hydrogens is 346 g/mol. The number of alkyl halides is 2. The van der Waals surface area contributed by atoms with Crippen LogP contribution in [-0.4, -0.2) is 33.3 Å². The third kappa shape index (κ3) is 3.42. The summed E-state index contributed by atoms with van der Waals surface area (Å²) >= 11 is 0. The van der Waals surface area contributed by atoms with Gasteiger partial charge in [-0.05, 0) is 36.8 Å². The minimum absolute atomic E-state index is 0.167. The van der Waals surface area contributed by atoms with Crippen molar-refractivity contribution in [2.75, 3.05) is 0 Å². The van der Waals surface area contributed by atoms with Crippen LogP contribution in [0.5, 0.6) is 5.88 Å². The van der Waals surface area contributed by atoms with E-state index in [0.29, 0.717) is 16.7 Å². The van der Waals surface area contributed by atoms with Gasteiger partial charge in [0.15, 0.2) is 0 Å². The van der Waals surface area contributed by atoms with Crippen molar-refractivity contribution in [2.45, 2.75) is 38.5 Å². The summed E-state index contributed by atoms with van der Waals surface area (Å²) in [7, 11) is 0. The minimum atomic E-state index is -2.95. The highest BCUT2D eigenvalue weighted by molar-refractivity contribution is 5.76. The van der Waals surface area contributed by atoms with Crippen molar-refractivity contribution in [2.24, 2.45) is 5.41 Å². The van der Waals surface area contributed by atoms with Gasteiger partial charge in [0.2, 0.25) is 11.8 Å². The molecule has 0 saturated heterocycles. The lowest BCUT2D eigenvalue weighted by molar-refractivity contribution is -0.122. The van der Waals surface area contributed by atoms with Crippen LogP contribution in [0.15, 0.2) is 35.3 Å². The maximum Gasteiger partial charge on any atom is 0.388 e. The first-order valence-corrected chi connectivity index (χ1v) is 8.24. The number of aromatic nitrogens is 3. The smallest absolute Gasteiger partial charge is 0.388 e. The molecule has 9 heteroatoms. The fourth-order valence-corrected chi connectivity index (χ4v) is 3.05. The van der Waals surface area contributed by atoms with Crippen LogP contribution in [0.2, 0.25) is 0 Å². The Morgan fingerprint density at radius 2 is 2.15 bits per heavy atom. The van der Waals surface area contributed by atoms with Crippen molar-refractivity contribution < 1.29 is 18.3 Å². The van der Waals surface area contributed by atoms with E-state index < -0.39 is 12.2 Å². The van der Waals surface area contributed by atoms with Crippen LogP contribution in [0, 0.1) is 5.41 Å². The molecule has 1 unspecified atom stereocenters. The Hall–Kier alpha value is -2.84. The van der Waals surface area contributed by atoms with Crippen molar-refractivity contribution in [3.05, 3.63) is 40.8 Å². The van der Waals surface area contributed by atoms with Crippen molar-refractivity contribution in [1.82, 2.24) is 20.1 Å². The van der Waals surface area contributed by atoms with Crippen molar-refractivity contribution >= 4 is 5.91 Å². The van der Waals surface area contributed by atoms with E-state index in [1.165, 1.54) is 30.5 Å². The van der Waals surface area contributed by atoms with E-state index in [-0.39, 0.29) is 24.4 Å². The molecular formula is C17H16F2N4O3. The molecule has 0 aliphatic heterocycles. The fourth-order valence-electron chi connectivity index (χ4n) is 3.05. The van der Waals surface area contributed by atoms with E-state index >= 15 is 0 Å². The Balaban J connectivity index is 1.46. The van der Waals surface area contributed by atoms with Gasteiger partial charge < -0.3 is 10.1 Å². The van der Waals surface area contributed by atoms with Crippen LogP contribution in [-0.2, 0) is 11.3 Å². The summed E-state index contributed by atoms with van der Waals surface area (Å²) in [6.45, 7) is -3.12. The molecule has 0 bridgehead atoms. The van der Waals surface area contributed by atoms with Gasteiger partial charge in [-0.25, -0.2) is 9.67 Å². The van der Waals surface area contributed by atoms with E-state index in [2.05, 4.69) is 20.1 Å². The second-order valence-electron chi connectivity index (χ2n) is 6.66. The van der Waals surface area contributed by atoms with Crippen molar-refractivity contribution in [3.8, 4) is 17.1 Å². The van der Waals surface area contributed by atoms with E-state index in [0.717, 1.165) is 23.9 Å². The number of hydrogen-bond acceptors (Lipinski definition) is 5. The maximum absolute atomic E-state index is 12.2. The number of nitrogens with one attached hydrogen (secondary N) is 1. The highest BCUT2D eigenvalue weighted by Gasteiger charge is 2.63. The summed E-state index contributed by atoms with van der Waals surface area (Å²) in [6.07, 6.45) is 4.64. The van der Waals surface area contributed by atoms with Crippen molar-refractivity contribution in [3.63, 3.8) is 0 Å². The average molecular weight is 362 g/mol. The molecule has 1 N–H and O–H groups in total. The number of halogens is 2. The van der Waals surface area contributed by atoms with Gasteiger partial charge >= 0.3 is 6.61 Å². The molecule has 26 heavy (non-hydrogen) atoms. The number of hydrogen-bond donors (Lipinski definition) is 1. The molecule has 136 valence electrons. The van der Waals surface area contributed by atoms with Crippen LogP contribution in [0.3, 0.4) is 0 Å². The summed E-state index contributed by atoms with van der Waals surface area (Å²) in [4.78, 5) is 27.8. The lowest BCUT2D eigenvalue weighted by atomic mass is 10.2. The summed E-state index contributed by atoms with van der Waals surface area (Å²) in [5.41, 5.74) is 0.855. The maximum atomic E-state index is 12.2. The minimum Gasteiger partial charge on any atom is -0.417 e. The summed E-state index contributed by atoms with van der Waals surface area (Å²) in [5.74, 6) is -0.459. The molecule has 0 radical (unpaired) electrons. The Labute approximate surface area is 147 Å². The standard InChI is InChI=1S/C17H16F2N4O3/c18-16(19)26-14-3-1-10(8-20-14)11-2-4-15(25)23(22-11)9-13(24)21-12-7-17(12)5-6-17/h1-4,8,12,16H,5-7,9H2,(H,21,24). The van der Waals surface area contributed by atoms with Crippen LogP contribution in [0.1, 0.15) is 19.3 Å². The van der Waals surface area contributed by atoms with Gasteiger partial charge in [0.05, 0.1) is 5.69 Å². The second kappa shape index (κ2) is 6.15. The van der Waals surface area contributed by atoms with Gasteiger partial charge in [-0.2, -0.15) is 13.9 Å². The number of pyridine rings is 1. The third-order valence-electron chi connectivity index (χ3n) is 4.82. The Kier molecular flexibility index (Phi) is 3.93. The first-order chi connectivity index (χ1) is 12.4. The molecule has 2 aromatic rings. The molecule has 4 rings (SSSR count). The van der Waals surface area contributed by atoms with Gasteiger partial charge in [-0.1, -0.05) is 0 Å². The first-order valence-electron chi connectivity index (χ1n) is 8.24. The van der Waals surface area contributed by atoms with Crippen LogP contribution >= 0.6 is 0 Å². The Morgan fingerprint density at radius 1 is 1.35 bits per heavy atom. The zero-order valence-corrected chi connectivity index (χ0v) is 13.7. The zero-order valence-electron chi connectivity index (χ0n) is 13.7. The molecule has 2 aliphatic rings. The van der Waals surface area contributed by atoms with Gasteiger partial charge in [0, 0.05) is 29.9 Å². The number of carbonyl (C=O) groups excluding carboxylic acids is 1. The van der Waals surface area contributed by atoms with Crippen LogP contribution in [0.25, 0.3) is 11.3 Å². The number of nitrogens with zero attached hydrogens (tertiary/aromatic N) is 3. The van der Waals surface area contributed by atoms with Gasteiger partial charge in [-0.3, -0.25) is 9.59 Å². The van der Waals surface area contributed by atoms with Crippen LogP contribution < -0.4 is 15.6 Å². The van der Waals surface area contributed by atoms with E-state index in [1.54, 1.807) is 0 Å². The van der Waals surface area contributed by atoms with E-state index in [1.807, 2.05) is 0 Å². The lowest BCUT2D eigenvalue weighted by Crippen LogP contribution is -2.35. The number of carbonyl (C=O) groups is 1. The number of ether oxygens (including phenoxy) is 1. The summed E-state index contributed by atoms with van der Waals surface area (Å²) < 4.78 is 29.6. The highest BCUT2D eigenvalue weighted by atomic mass is 19.3. The molecule has 2 heterocycles. The number of amides is 1. The third-order valence-corrected chi connectivity index (χ3v) is 4.82.